The molecule has 0 atom stereocenters. The van der Waals surface area contributed by atoms with Crippen molar-refractivity contribution in [3.63, 3.8) is 0 Å². The Kier molecular flexibility index (Phi) is 7.04. The smallest absolute Gasteiger partial charge is 0.264 e. The third kappa shape index (κ3) is 5.32. The van der Waals surface area contributed by atoms with Gasteiger partial charge in [0.2, 0.25) is 5.88 Å². The Morgan fingerprint density at radius 1 is 1.03 bits per heavy atom. The number of fused-ring (bicyclic) bond motifs is 1. The van der Waals surface area contributed by atoms with Crippen molar-refractivity contribution in [2.75, 3.05) is 30.7 Å². The number of aromatic nitrogens is 2. The first-order valence-corrected chi connectivity index (χ1v) is 13.7. The quantitative estimate of drug-likeness (QED) is 0.357. The minimum absolute atomic E-state index is 0.0461. The van der Waals surface area contributed by atoms with E-state index in [2.05, 4.69) is 14.7 Å². The summed E-state index contributed by atoms with van der Waals surface area (Å²) in [5.41, 5.74) is 8.14. The number of ether oxygens (including phenoxy) is 1. The molecule has 0 aliphatic carbocycles. The van der Waals surface area contributed by atoms with Crippen LogP contribution in [-0.2, 0) is 10.0 Å². The van der Waals surface area contributed by atoms with Gasteiger partial charge in [-0.3, -0.25) is 9.52 Å². The summed E-state index contributed by atoms with van der Waals surface area (Å²) in [6, 6.07) is 10.6. The molecule has 39 heavy (non-hydrogen) atoms. The average molecular weight is 554 g/mol. The molecular formula is C27H25F2N5O4S. The van der Waals surface area contributed by atoms with Crippen LogP contribution in [0, 0.1) is 11.6 Å². The first-order chi connectivity index (χ1) is 18.7. The Hall–Kier alpha value is -4.32. The number of nitrogens with zero attached hydrogens (tertiary/aromatic N) is 3. The Morgan fingerprint density at radius 3 is 2.51 bits per heavy atom. The molecule has 202 valence electrons. The van der Waals surface area contributed by atoms with E-state index in [-0.39, 0.29) is 23.3 Å². The van der Waals surface area contributed by atoms with Gasteiger partial charge in [-0.25, -0.2) is 27.2 Å². The molecule has 5 rings (SSSR count). The van der Waals surface area contributed by atoms with Crippen LogP contribution in [0.25, 0.3) is 22.0 Å². The second-order valence-corrected chi connectivity index (χ2v) is 10.8. The van der Waals surface area contributed by atoms with Crippen LogP contribution in [0.3, 0.4) is 0 Å². The predicted octanol–water partition coefficient (Wildman–Crippen LogP) is 4.59. The van der Waals surface area contributed by atoms with Crippen molar-refractivity contribution >= 4 is 38.3 Å². The van der Waals surface area contributed by atoms with E-state index in [1.807, 2.05) is 0 Å². The number of nitrogen functional groups attached to an aromatic ring is 1. The molecule has 9 nitrogen and oxygen atoms in total. The molecule has 0 saturated carbocycles. The van der Waals surface area contributed by atoms with E-state index in [9.17, 15) is 22.0 Å². The number of pyridine rings is 2. The van der Waals surface area contributed by atoms with Crippen molar-refractivity contribution in [2.24, 2.45) is 0 Å². The minimum atomic E-state index is -4.44. The lowest BCUT2D eigenvalue weighted by Gasteiger charge is -2.27. The van der Waals surface area contributed by atoms with Gasteiger partial charge >= 0.3 is 0 Å². The third-order valence-electron chi connectivity index (χ3n) is 6.52. The molecule has 2 aromatic heterocycles. The molecule has 3 heterocycles. The molecule has 0 bridgehead atoms. The van der Waals surface area contributed by atoms with Gasteiger partial charge in [-0.05, 0) is 61.2 Å². The van der Waals surface area contributed by atoms with Crippen LogP contribution < -0.4 is 15.2 Å². The lowest BCUT2D eigenvalue weighted by Crippen LogP contribution is -2.36. The van der Waals surface area contributed by atoms with E-state index >= 15 is 0 Å². The number of methoxy groups -OCH3 is 1. The fourth-order valence-corrected chi connectivity index (χ4v) is 5.66. The summed E-state index contributed by atoms with van der Waals surface area (Å²) in [6.45, 7) is 1.35. The lowest BCUT2D eigenvalue weighted by atomic mass is 10.0. The number of halogens is 2. The SMILES string of the molecule is COc1ncc(-c2ccc3nc(N)c(C(=O)N4CCCCC4)cc3c2)cc1NS(=O)(=O)c1ccc(F)cc1F. The maximum atomic E-state index is 14.2. The summed E-state index contributed by atoms with van der Waals surface area (Å²) in [6.07, 6.45) is 4.47. The molecule has 4 aromatic rings. The van der Waals surface area contributed by atoms with Crippen LogP contribution in [0.2, 0.25) is 0 Å². The highest BCUT2D eigenvalue weighted by Crippen LogP contribution is 2.32. The second-order valence-electron chi connectivity index (χ2n) is 9.14. The van der Waals surface area contributed by atoms with E-state index in [1.54, 1.807) is 29.2 Å². The van der Waals surface area contributed by atoms with Crippen molar-refractivity contribution in [3.05, 3.63) is 71.9 Å². The van der Waals surface area contributed by atoms with Crippen molar-refractivity contribution in [2.45, 2.75) is 24.2 Å². The number of nitrogens with one attached hydrogen (secondary N) is 1. The van der Waals surface area contributed by atoms with Gasteiger partial charge in [0.15, 0.2) is 0 Å². The predicted molar refractivity (Wildman–Crippen MR) is 143 cm³/mol. The molecule has 1 aliphatic rings. The number of benzene rings is 2. The summed E-state index contributed by atoms with van der Waals surface area (Å²) in [4.78, 5) is 22.7. The zero-order valence-electron chi connectivity index (χ0n) is 20.9. The number of hydrogen-bond acceptors (Lipinski definition) is 7. The van der Waals surface area contributed by atoms with Crippen LogP contribution in [0.4, 0.5) is 20.3 Å². The number of carbonyl (C=O) groups is 1. The monoisotopic (exact) mass is 553 g/mol. The molecule has 2 aromatic carbocycles. The first kappa shape index (κ1) is 26.3. The topological polar surface area (TPSA) is 128 Å². The van der Waals surface area contributed by atoms with Gasteiger partial charge in [0.25, 0.3) is 15.9 Å². The molecule has 1 fully saturated rings. The van der Waals surface area contributed by atoms with Crippen molar-refractivity contribution in [1.82, 2.24) is 14.9 Å². The Labute approximate surface area is 223 Å². The van der Waals surface area contributed by atoms with Crippen molar-refractivity contribution in [3.8, 4) is 17.0 Å². The number of piperidine rings is 1. The highest BCUT2D eigenvalue weighted by Gasteiger charge is 2.23. The van der Waals surface area contributed by atoms with Crippen molar-refractivity contribution < 1.29 is 26.7 Å². The van der Waals surface area contributed by atoms with Gasteiger partial charge in [0.05, 0.1) is 18.2 Å². The summed E-state index contributed by atoms with van der Waals surface area (Å²) in [7, 11) is -3.12. The zero-order valence-corrected chi connectivity index (χ0v) is 21.8. The van der Waals surface area contributed by atoms with Gasteiger partial charge in [0.1, 0.15) is 28.0 Å². The van der Waals surface area contributed by atoms with Gasteiger partial charge in [-0.1, -0.05) is 6.07 Å². The van der Waals surface area contributed by atoms with Crippen LogP contribution in [0.15, 0.2) is 59.6 Å². The van der Waals surface area contributed by atoms with E-state index in [0.29, 0.717) is 46.7 Å². The summed E-state index contributed by atoms with van der Waals surface area (Å²) >= 11 is 0. The zero-order chi connectivity index (χ0) is 27.7. The lowest BCUT2D eigenvalue weighted by molar-refractivity contribution is 0.0725. The first-order valence-electron chi connectivity index (χ1n) is 12.2. The van der Waals surface area contributed by atoms with Crippen LogP contribution in [0.1, 0.15) is 29.6 Å². The Morgan fingerprint density at radius 2 is 1.79 bits per heavy atom. The minimum Gasteiger partial charge on any atom is -0.480 e. The number of hydrogen-bond donors (Lipinski definition) is 2. The highest BCUT2D eigenvalue weighted by atomic mass is 32.2. The van der Waals surface area contributed by atoms with Gasteiger partial charge in [-0.2, -0.15) is 0 Å². The van der Waals surface area contributed by atoms with Gasteiger partial charge < -0.3 is 15.4 Å². The number of rotatable bonds is 6. The van der Waals surface area contributed by atoms with E-state index in [1.165, 1.54) is 19.4 Å². The number of anilines is 2. The summed E-state index contributed by atoms with van der Waals surface area (Å²) in [5, 5.41) is 0.661. The molecule has 0 radical (unpaired) electrons. The number of sulfonamides is 1. The normalized spacial score (nSPS) is 13.9. The molecule has 1 saturated heterocycles. The third-order valence-corrected chi connectivity index (χ3v) is 7.92. The maximum absolute atomic E-state index is 14.2. The average Bonchev–Trinajstić information content (AvgIpc) is 2.92. The van der Waals surface area contributed by atoms with Gasteiger partial charge in [-0.15, -0.1) is 0 Å². The summed E-state index contributed by atoms with van der Waals surface area (Å²) in [5.74, 6) is -2.19. The Bertz CT molecular complexity index is 1690. The number of amides is 1. The summed E-state index contributed by atoms with van der Waals surface area (Å²) < 4.78 is 60.7. The van der Waals surface area contributed by atoms with Crippen LogP contribution in [-0.4, -0.2) is 49.4 Å². The largest absolute Gasteiger partial charge is 0.480 e. The molecule has 1 amide bonds. The number of likely N-dealkylation sites (tertiary alicyclic amines) is 1. The van der Waals surface area contributed by atoms with E-state index in [4.69, 9.17) is 10.5 Å². The number of carbonyl (C=O) groups excluding carboxylic acids is 1. The molecule has 3 N–H and O–H groups in total. The molecule has 0 unspecified atom stereocenters. The standard InChI is InChI=1S/C27H25F2N5O4S/c1-38-26-23(33-39(36,37)24-8-6-19(28)14-21(24)29)13-18(15-31-26)16-5-7-22-17(11-16)12-20(25(30)32-22)27(35)34-9-3-2-4-10-34/h5-8,11-15,33H,2-4,9-10H2,1H3,(H2,30,32). The van der Waals surface area contributed by atoms with Crippen molar-refractivity contribution in [1.29, 1.82) is 0 Å². The van der Waals surface area contributed by atoms with E-state index < -0.39 is 26.6 Å². The molecule has 12 heteroatoms. The van der Waals surface area contributed by atoms with Gasteiger partial charge in [0, 0.05) is 36.3 Å². The molecular weight excluding hydrogens is 528 g/mol. The fourth-order valence-electron chi connectivity index (χ4n) is 4.55. The number of nitrogens with two attached hydrogens (primary N) is 1. The second kappa shape index (κ2) is 10.4. The maximum Gasteiger partial charge on any atom is 0.264 e. The van der Waals surface area contributed by atoms with Crippen LogP contribution in [0.5, 0.6) is 5.88 Å². The molecule has 1 aliphatic heterocycles. The fraction of sp³-hybridized carbons (Fsp3) is 0.222. The van der Waals surface area contributed by atoms with Crippen LogP contribution >= 0.6 is 0 Å². The van der Waals surface area contributed by atoms with E-state index in [0.717, 1.165) is 31.4 Å². The Balaban J connectivity index is 1.51. The highest BCUT2D eigenvalue weighted by molar-refractivity contribution is 7.92. The molecule has 0 spiro atoms.